The van der Waals surface area contributed by atoms with E-state index in [4.69, 9.17) is 10.8 Å². The molecule has 7 nitrogen and oxygen atoms in total. The molecule has 0 radical (unpaired) electrons. The summed E-state index contributed by atoms with van der Waals surface area (Å²) in [5, 5.41) is 4.76. The number of fused-ring (bicyclic) bond motifs is 1. The zero-order valence-electron chi connectivity index (χ0n) is 21.0. The second-order valence-corrected chi connectivity index (χ2v) is 11.0. The molecular formula is C25H35F3N6O. The van der Waals surface area contributed by atoms with E-state index in [0.29, 0.717) is 47.1 Å². The van der Waals surface area contributed by atoms with Gasteiger partial charge in [0.05, 0.1) is 5.69 Å². The molecule has 2 saturated carbocycles. The minimum absolute atomic E-state index is 0.141. The summed E-state index contributed by atoms with van der Waals surface area (Å²) in [5.74, 6) is 0.917. The number of anilines is 1. The Morgan fingerprint density at radius 3 is 2.40 bits per heavy atom. The van der Waals surface area contributed by atoms with E-state index < -0.39 is 12.1 Å². The molecule has 192 valence electrons. The van der Waals surface area contributed by atoms with Crippen LogP contribution < -0.4 is 10.5 Å². The van der Waals surface area contributed by atoms with Gasteiger partial charge in [0.15, 0.2) is 11.6 Å². The lowest BCUT2D eigenvalue weighted by molar-refractivity contribution is -0.274. The minimum Gasteiger partial charge on any atom is -0.402 e. The molecule has 6 atom stereocenters. The number of likely N-dealkylation sites (N-methyl/N-ethyl adjacent to an activating group) is 1. The number of nitrogens with zero attached hydrogens (tertiary/aromatic N) is 5. The molecule has 35 heavy (non-hydrogen) atoms. The van der Waals surface area contributed by atoms with Crippen molar-refractivity contribution in [2.45, 2.75) is 77.0 Å². The van der Waals surface area contributed by atoms with Gasteiger partial charge < -0.3 is 15.4 Å². The Morgan fingerprint density at radius 2 is 1.77 bits per heavy atom. The van der Waals surface area contributed by atoms with Crippen molar-refractivity contribution < 1.29 is 17.9 Å². The molecule has 0 aromatic carbocycles. The van der Waals surface area contributed by atoms with Crippen LogP contribution in [0, 0.1) is 11.8 Å². The fraction of sp³-hybridized carbons (Fsp3) is 0.680. The first-order chi connectivity index (χ1) is 16.4. The van der Waals surface area contributed by atoms with E-state index in [0.717, 1.165) is 13.1 Å². The maximum absolute atomic E-state index is 12.8. The fourth-order valence-corrected chi connectivity index (χ4v) is 6.37. The van der Waals surface area contributed by atoms with Crippen LogP contribution >= 0.6 is 0 Å². The highest BCUT2D eigenvalue weighted by Gasteiger charge is 2.59. The van der Waals surface area contributed by atoms with Crippen molar-refractivity contribution in [3.63, 3.8) is 0 Å². The smallest absolute Gasteiger partial charge is 0.402 e. The van der Waals surface area contributed by atoms with Gasteiger partial charge in [-0.05, 0) is 71.6 Å². The van der Waals surface area contributed by atoms with Crippen LogP contribution in [0.3, 0.4) is 0 Å². The number of alkyl halides is 3. The first kappa shape index (κ1) is 24.4. The van der Waals surface area contributed by atoms with Gasteiger partial charge in [-0.25, -0.2) is 4.98 Å². The molecule has 2 aliphatic carbocycles. The largest absolute Gasteiger partial charge is 0.573 e. The Morgan fingerprint density at radius 1 is 1.09 bits per heavy atom. The van der Waals surface area contributed by atoms with E-state index in [2.05, 4.69) is 54.3 Å². The standard InChI is InChI=1S/C25H35F3N6O/c1-13(2)34-21(9-20(31-34)16-6-22(24(29)30-10-16)35-25(26,27)28)23-18-7-17(8-19(18)23)33-12-14(3)32(5)11-15(33)4/h6,9-10,13-15,17-19,23H,7-8,11-12H2,1-5H3,(H2,29,30)/t14-,15-,17?,18-,19+,23?/m0/s1. The highest BCUT2D eigenvalue weighted by Crippen LogP contribution is 2.64. The molecular weight excluding hydrogens is 457 g/mol. The van der Waals surface area contributed by atoms with Crippen LogP contribution in [-0.4, -0.2) is 69.2 Å². The van der Waals surface area contributed by atoms with Crippen LogP contribution in [-0.2, 0) is 0 Å². The highest BCUT2D eigenvalue weighted by atomic mass is 19.4. The van der Waals surface area contributed by atoms with Crippen molar-refractivity contribution >= 4 is 5.82 Å². The van der Waals surface area contributed by atoms with Crippen LogP contribution in [0.15, 0.2) is 18.3 Å². The molecule has 5 rings (SSSR count). The zero-order chi connectivity index (χ0) is 25.2. The second-order valence-electron chi connectivity index (χ2n) is 11.0. The van der Waals surface area contributed by atoms with Gasteiger partial charge in [-0.3, -0.25) is 9.58 Å². The van der Waals surface area contributed by atoms with E-state index in [9.17, 15) is 13.2 Å². The molecule has 0 bridgehead atoms. The van der Waals surface area contributed by atoms with Gasteiger partial charge in [-0.2, -0.15) is 5.10 Å². The summed E-state index contributed by atoms with van der Waals surface area (Å²) in [5.41, 5.74) is 7.83. The lowest BCUT2D eigenvalue weighted by Crippen LogP contribution is -2.57. The third-order valence-corrected chi connectivity index (χ3v) is 8.23. The van der Waals surface area contributed by atoms with Crippen molar-refractivity contribution in [3.8, 4) is 17.0 Å². The number of nitrogen functional groups attached to an aromatic ring is 1. The number of hydrogen-bond acceptors (Lipinski definition) is 6. The van der Waals surface area contributed by atoms with E-state index in [1.54, 1.807) is 0 Å². The first-order valence-corrected chi connectivity index (χ1v) is 12.5. The number of halogens is 3. The Kier molecular flexibility index (Phi) is 6.03. The van der Waals surface area contributed by atoms with Gasteiger partial charge >= 0.3 is 6.36 Å². The quantitative estimate of drug-likeness (QED) is 0.662. The van der Waals surface area contributed by atoms with Crippen LogP contribution in [0.1, 0.15) is 58.2 Å². The fourth-order valence-electron chi connectivity index (χ4n) is 6.37. The van der Waals surface area contributed by atoms with Crippen molar-refractivity contribution in [1.29, 1.82) is 0 Å². The Balaban J connectivity index is 1.34. The Hall–Kier alpha value is -2.33. The predicted octanol–water partition coefficient (Wildman–Crippen LogP) is 4.52. The summed E-state index contributed by atoms with van der Waals surface area (Å²) in [6.45, 7) is 11.0. The van der Waals surface area contributed by atoms with Crippen molar-refractivity contribution in [1.82, 2.24) is 24.6 Å². The maximum Gasteiger partial charge on any atom is 0.573 e. The first-order valence-electron chi connectivity index (χ1n) is 12.5. The van der Waals surface area contributed by atoms with Crippen LogP contribution in [0.25, 0.3) is 11.3 Å². The average molecular weight is 493 g/mol. The summed E-state index contributed by atoms with van der Waals surface area (Å²) in [4.78, 5) is 9.07. The van der Waals surface area contributed by atoms with E-state index in [1.807, 2.05) is 10.7 Å². The Labute approximate surface area is 204 Å². The third-order valence-electron chi connectivity index (χ3n) is 8.23. The van der Waals surface area contributed by atoms with Crippen molar-refractivity contribution in [3.05, 3.63) is 24.0 Å². The predicted molar refractivity (Wildman–Crippen MR) is 128 cm³/mol. The topological polar surface area (TPSA) is 72.4 Å². The maximum atomic E-state index is 12.8. The van der Waals surface area contributed by atoms with Crippen LogP contribution in [0.5, 0.6) is 5.75 Å². The molecule has 0 spiro atoms. The lowest BCUT2D eigenvalue weighted by atomic mass is 9.99. The molecule has 3 fully saturated rings. The number of pyridine rings is 1. The van der Waals surface area contributed by atoms with Gasteiger partial charge in [-0.1, -0.05) is 0 Å². The molecule has 2 aromatic rings. The molecule has 1 aliphatic heterocycles. The average Bonchev–Trinajstić information content (AvgIpc) is 3.12. The van der Waals surface area contributed by atoms with E-state index in [1.165, 1.54) is 30.8 Å². The summed E-state index contributed by atoms with van der Waals surface area (Å²) < 4.78 is 44.4. The number of ether oxygens (including phenoxy) is 1. The highest BCUT2D eigenvalue weighted by molar-refractivity contribution is 5.64. The van der Waals surface area contributed by atoms with Crippen LogP contribution in [0.2, 0.25) is 0 Å². The molecule has 1 saturated heterocycles. The van der Waals surface area contributed by atoms with Crippen molar-refractivity contribution in [2.24, 2.45) is 11.8 Å². The summed E-state index contributed by atoms with van der Waals surface area (Å²) in [7, 11) is 2.21. The molecule has 0 amide bonds. The van der Waals surface area contributed by atoms with E-state index >= 15 is 0 Å². The van der Waals surface area contributed by atoms with Crippen LogP contribution in [0.4, 0.5) is 19.0 Å². The molecule has 3 aliphatic rings. The normalized spacial score (nSPS) is 31.7. The van der Waals surface area contributed by atoms with Crippen molar-refractivity contribution in [2.75, 3.05) is 25.9 Å². The second kappa shape index (κ2) is 8.65. The zero-order valence-corrected chi connectivity index (χ0v) is 21.0. The summed E-state index contributed by atoms with van der Waals surface area (Å²) in [6, 6.07) is 5.20. The molecule has 2 N–H and O–H groups in total. The van der Waals surface area contributed by atoms with E-state index in [-0.39, 0.29) is 11.9 Å². The molecule has 3 heterocycles. The van der Waals surface area contributed by atoms with Gasteiger partial charge in [0.1, 0.15) is 0 Å². The van der Waals surface area contributed by atoms with Gasteiger partial charge in [-0.15, -0.1) is 13.2 Å². The monoisotopic (exact) mass is 492 g/mol. The molecule has 2 unspecified atom stereocenters. The third kappa shape index (κ3) is 4.62. The Bertz CT molecular complexity index is 1070. The van der Waals surface area contributed by atoms with Gasteiger partial charge in [0, 0.05) is 60.6 Å². The van der Waals surface area contributed by atoms with Gasteiger partial charge in [0.25, 0.3) is 0 Å². The molecule has 2 aromatic heterocycles. The SMILES string of the molecule is CC(C)n1nc(-c2cnc(N)c(OC(F)(F)F)c2)cc1C1[C@H]2CC(N3C[C@H](C)N(C)C[C@@H]3C)C[C@@H]12. The summed E-state index contributed by atoms with van der Waals surface area (Å²) in [6.07, 6.45) is -0.990. The van der Waals surface area contributed by atoms with Gasteiger partial charge in [0.2, 0.25) is 0 Å². The minimum atomic E-state index is -4.84. The number of piperazine rings is 1. The summed E-state index contributed by atoms with van der Waals surface area (Å²) >= 11 is 0. The molecule has 10 heteroatoms. The number of hydrogen-bond donors (Lipinski definition) is 1. The number of aromatic nitrogens is 3. The number of nitrogens with two attached hydrogens (primary N) is 1. The lowest BCUT2D eigenvalue weighted by Gasteiger charge is -2.46. The number of rotatable bonds is 5.